The Hall–Kier alpha value is -2.24. The number of halogens is 1. The van der Waals surface area contributed by atoms with Crippen molar-refractivity contribution in [3.05, 3.63) is 58.9 Å². The first-order valence-corrected chi connectivity index (χ1v) is 9.13. The minimum atomic E-state index is -0.486. The van der Waals surface area contributed by atoms with E-state index in [2.05, 4.69) is 15.5 Å². The Balaban J connectivity index is 1.62. The van der Waals surface area contributed by atoms with Gasteiger partial charge >= 0.3 is 0 Å². The van der Waals surface area contributed by atoms with Crippen LogP contribution >= 0.6 is 0 Å². The number of rotatable bonds is 5. The molecule has 2 aromatic carbocycles. The average molecular weight is 355 g/mol. The van der Waals surface area contributed by atoms with Crippen molar-refractivity contribution in [1.29, 1.82) is 0 Å². The Morgan fingerprint density at radius 3 is 2.46 bits per heavy atom. The molecule has 2 aromatic rings. The van der Waals surface area contributed by atoms with Crippen LogP contribution in [0.4, 0.5) is 4.39 Å². The molecule has 0 unspecified atom stereocenters. The van der Waals surface area contributed by atoms with Gasteiger partial charge in [0.05, 0.1) is 5.56 Å². The summed E-state index contributed by atoms with van der Waals surface area (Å²) in [6.45, 7) is 9.31. The van der Waals surface area contributed by atoms with E-state index >= 15 is 0 Å². The lowest BCUT2D eigenvalue weighted by molar-refractivity contribution is 0.0943. The van der Waals surface area contributed by atoms with E-state index in [1.807, 2.05) is 32.0 Å². The predicted octanol–water partition coefficient (Wildman–Crippen LogP) is 2.74. The third-order valence-corrected chi connectivity index (χ3v) is 4.98. The Kier molecular flexibility index (Phi) is 6.01. The molecule has 0 aliphatic carbocycles. The Morgan fingerprint density at radius 1 is 1.08 bits per heavy atom. The molecule has 1 fully saturated rings. The molecular weight excluding hydrogens is 329 g/mol. The van der Waals surface area contributed by atoms with E-state index in [1.54, 1.807) is 12.1 Å². The van der Waals surface area contributed by atoms with Crippen molar-refractivity contribution in [3.8, 4) is 11.1 Å². The minimum absolute atomic E-state index is 0.0953. The van der Waals surface area contributed by atoms with Crippen LogP contribution in [0.3, 0.4) is 0 Å². The molecule has 0 aromatic heterocycles. The van der Waals surface area contributed by atoms with Crippen molar-refractivity contribution in [3.63, 3.8) is 0 Å². The van der Waals surface area contributed by atoms with Crippen LogP contribution in [-0.2, 0) is 0 Å². The van der Waals surface area contributed by atoms with Crippen LogP contribution in [0.1, 0.15) is 21.5 Å². The van der Waals surface area contributed by atoms with Gasteiger partial charge in [-0.15, -0.1) is 0 Å². The molecule has 1 heterocycles. The maximum absolute atomic E-state index is 14.5. The van der Waals surface area contributed by atoms with Crippen molar-refractivity contribution in [2.75, 3.05) is 39.3 Å². The van der Waals surface area contributed by atoms with Crippen LogP contribution in [0.5, 0.6) is 0 Å². The van der Waals surface area contributed by atoms with Crippen LogP contribution in [-0.4, -0.2) is 50.1 Å². The van der Waals surface area contributed by atoms with Crippen LogP contribution in [0, 0.1) is 19.7 Å². The topological polar surface area (TPSA) is 44.4 Å². The number of carbonyl (C=O) groups excluding carboxylic acids is 1. The standard InChI is InChI=1S/C21H26FN3O/c1-15-3-4-17(13-16(15)2)18-5-6-19(20(22)14-18)21(26)24-9-12-25-10-7-23-8-11-25/h3-6,13-14,23H,7-12H2,1-2H3,(H,24,26). The Labute approximate surface area is 154 Å². The number of hydrogen-bond donors (Lipinski definition) is 2. The van der Waals surface area contributed by atoms with E-state index in [1.165, 1.54) is 11.6 Å². The molecule has 0 saturated carbocycles. The zero-order chi connectivity index (χ0) is 18.5. The number of nitrogens with zero attached hydrogens (tertiary/aromatic N) is 1. The molecule has 1 amide bonds. The molecule has 2 N–H and O–H groups in total. The van der Waals surface area contributed by atoms with Crippen LogP contribution in [0.2, 0.25) is 0 Å². The molecule has 0 bridgehead atoms. The van der Waals surface area contributed by atoms with Gasteiger partial charge in [-0.25, -0.2) is 4.39 Å². The van der Waals surface area contributed by atoms with Gasteiger partial charge < -0.3 is 10.6 Å². The predicted molar refractivity (Wildman–Crippen MR) is 103 cm³/mol. The first-order chi connectivity index (χ1) is 12.5. The molecule has 1 saturated heterocycles. The van der Waals surface area contributed by atoms with E-state index in [0.29, 0.717) is 6.54 Å². The normalized spacial score (nSPS) is 15.0. The van der Waals surface area contributed by atoms with Crippen molar-refractivity contribution >= 4 is 5.91 Å². The highest BCUT2D eigenvalue weighted by molar-refractivity contribution is 5.95. The third kappa shape index (κ3) is 4.48. The van der Waals surface area contributed by atoms with Crippen molar-refractivity contribution < 1.29 is 9.18 Å². The second kappa shape index (κ2) is 8.43. The van der Waals surface area contributed by atoms with Gasteiger partial charge in [0.2, 0.25) is 0 Å². The van der Waals surface area contributed by atoms with Crippen molar-refractivity contribution in [1.82, 2.24) is 15.5 Å². The van der Waals surface area contributed by atoms with E-state index in [9.17, 15) is 9.18 Å². The van der Waals surface area contributed by atoms with Gasteiger partial charge in [-0.2, -0.15) is 0 Å². The number of nitrogens with one attached hydrogen (secondary N) is 2. The van der Waals surface area contributed by atoms with Gasteiger partial charge in [0.25, 0.3) is 5.91 Å². The summed E-state index contributed by atoms with van der Waals surface area (Å²) in [4.78, 5) is 14.6. The zero-order valence-electron chi connectivity index (χ0n) is 15.4. The molecule has 0 radical (unpaired) electrons. The largest absolute Gasteiger partial charge is 0.351 e. The highest BCUT2D eigenvalue weighted by atomic mass is 19.1. The Morgan fingerprint density at radius 2 is 1.77 bits per heavy atom. The molecule has 3 rings (SSSR count). The van der Waals surface area contributed by atoms with Gasteiger partial charge in [0.15, 0.2) is 0 Å². The summed E-state index contributed by atoms with van der Waals surface area (Å²) in [7, 11) is 0. The SMILES string of the molecule is Cc1ccc(-c2ccc(C(=O)NCCN3CCNCC3)c(F)c2)cc1C. The van der Waals surface area contributed by atoms with Gasteiger partial charge in [0, 0.05) is 39.3 Å². The fraction of sp³-hybridized carbons (Fsp3) is 0.381. The summed E-state index contributed by atoms with van der Waals surface area (Å²) >= 11 is 0. The molecule has 26 heavy (non-hydrogen) atoms. The maximum atomic E-state index is 14.5. The van der Waals surface area contributed by atoms with E-state index in [4.69, 9.17) is 0 Å². The second-order valence-corrected chi connectivity index (χ2v) is 6.84. The first kappa shape index (κ1) is 18.5. The Bertz CT molecular complexity index is 785. The van der Waals surface area contributed by atoms with Gasteiger partial charge in [-0.3, -0.25) is 9.69 Å². The maximum Gasteiger partial charge on any atom is 0.254 e. The summed E-state index contributed by atoms with van der Waals surface area (Å²) in [6.07, 6.45) is 0. The van der Waals surface area contributed by atoms with Crippen LogP contribution < -0.4 is 10.6 Å². The summed E-state index contributed by atoms with van der Waals surface area (Å²) in [5.41, 5.74) is 4.20. The summed E-state index contributed by atoms with van der Waals surface area (Å²) in [5, 5.41) is 6.12. The van der Waals surface area contributed by atoms with Gasteiger partial charge in [0.1, 0.15) is 5.82 Å². The average Bonchev–Trinajstić information content (AvgIpc) is 2.64. The molecule has 5 heteroatoms. The highest BCUT2D eigenvalue weighted by Gasteiger charge is 2.14. The molecular formula is C21H26FN3O. The summed E-state index contributed by atoms with van der Waals surface area (Å²) < 4.78 is 14.5. The summed E-state index contributed by atoms with van der Waals surface area (Å²) in [5.74, 6) is -0.843. The zero-order valence-corrected chi connectivity index (χ0v) is 15.4. The van der Waals surface area contributed by atoms with E-state index < -0.39 is 5.82 Å². The molecule has 0 spiro atoms. The molecule has 0 atom stereocenters. The second-order valence-electron chi connectivity index (χ2n) is 6.84. The number of aryl methyl sites for hydroxylation is 2. The fourth-order valence-electron chi connectivity index (χ4n) is 3.16. The monoisotopic (exact) mass is 355 g/mol. The summed E-state index contributed by atoms with van der Waals surface area (Å²) in [6, 6.07) is 10.9. The molecule has 4 nitrogen and oxygen atoms in total. The molecule has 1 aliphatic rings. The smallest absolute Gasteiger partial charge is 0.254 e. The highest BCUT2D eigenvalue weighted by Crippen LogP contribution is 2.24. The van der Waals surface area contributed by atoms with E-state index in [-0.39, 0.29) is 11.5 Å². The van der Waals surface area contributed by atoms with Crippen LogP contribution in [0.25, 0.3) is 11.1 Å². The quantitative estimate of drug-likeness (QED) is 0.867. The minimum Gasteiger partial charge on any atom is -0.351 e. The van der Waals surface area contributed by atoms with Gasteiger partial charge in [-0.05, 0) is 48.2 Å². The van der Waals surface area contributed by atoms with Crippen LogP contribution in [0.15, 0.2) is 36.4 Å². The van der Waals surface area contributed by atoms with Gasteiger partial charge in [-0.1, -0.05) is 24.3 Å². The van der Waals surface area contributed by atoms with E-state index in [0.717, 1.165) is 49.4 Å². The number of carbonyl (C=O) groups is 1. The molecule has 138 valence electrons. The third-order valence-electron chi connectivity index (χ3n) is 4.98. The number of piperazine rings is 1. The number of hydrogen-bond acceptors (Lipinski definition) is 3. The molecule has 1 aliphatic heterocycles. The first-order valence-electron chi connectivity index (χ1n) is 9.13. The van der Waals surface area contributed by atoms with Crippen molar-refractivity contribution in [2.45, 2.75) is 13.8 Å². The lowest BCUT2D eigenvalue weighted by atomic mass is 9.99. The number of amides is 1. The fourth-order valence-corrected chi connectivity index (χ4v) is 3.16. The van der Waals surface area contributed by atoms with Crippen molar-refractivity contribution in [2.24, 2.45) is 0 Å². The number of benzene rings is 2. The lowest BCUT2D eigenvalue weighted by Crippen LogP contribution is -2.46. The lowest BCUT2D eigenvalue weighted by Gasteiger charge is -2.27.